The molecule has 1 unspecified atom stereocenters. The number of aliphatic hydroxyl groups is 1. The molecule has 0 bridgehead atoms. The van der Waals surface area contributed by atoms with Crippen LogP contribution in [0.1, 0.15) is 23.2 Å². The molecule has 1 aromatic heterocycles. The van der Waals surface area contributed by atoms with Crippen molar-refractivity contribution in [3.8, 4) is 0 Å². The lowest BCUT2D eigenvalue weighted by atomic mass is 10.2. The van der Waals surface area contributed by atoms with E-state index in [1.165, 1.54) is 19.0 Å². The van der Waals surface area contributed by atoms with Gasteiger partial charge in [-0.05, 0) is 40.8 Å². The van der Waals surface area contributed by atoms with Crippen LogP contribution in [0.2, 0.25) is 0 Å². The van der Waals surface area contributed by atoms with E-state index in [-0.39, 0.29) is 19.1 Å². The molecule has 0 spiro atoms. The number of pyridine rings is 1. The predicted octanol–water partition coefficient (Wildman–Crippen LogP) is 1.36. The Labute approximate surface area is 120 Å². The first-order chi connectivity index (χ1) is 9.15. The summed E-state index contributed by atoms with van der Waals surface area (Å²) in [6.45, 7) is 1.14. The van der Waals surface area contributed by atoms with E-state index in [0.29, 0.717) is 18.1 Å². The number of nitrogens with one attached hydrogen (secondary N) is 1. The van der Waals surface area contributed by atoms with Crippen LogP contribution in [-0.4, -0.2) is 41.9 Å². The number of ether oxygens (including phenoxy) is 1. The molecule has 19 heavy (non-hydrogen) atoms. The highest BCUT2D eigenvalue weighted by atomic mass is 79.9. The van der Waals surface area contributed by atoms with Gasteiger partial charge in [-0.25, -0.2) is 0 Å². The highest BCUT2D eigenvalue weighted by Gasteiger charge is 2.21. The molecule has 1 aliphatic rings. The van der Waals surface area contributed by atoms with Crippen molar-refractivity contribution in [2.24, 2.45) is 5.92 Å². The largest absolute Gasteiger partial charge is 0.389 e. The van der Waals surface area contributed by atoms with Crippen LogP contribution < -0.4 is 5.32 Å². The molecule has 0 radical (unpaired) electrons. The van der Waals surface area contributed by atoms with Gasteiger partial charge in [0, 0.05) is 30.0 Å². The fourth-order valence-electron chi connectivity index (χ4n) is 1.56. The van der Waals surface area contributed by atoms with Gasteiger partial charge < -0.3 is 15.2 Å². The molecule has 1 fully saturated rings. The van der Waals surface area contributed by atoms with Crippen molar-refractivity contribution >= 4 is 21.8 Å². The number of rotatable bonds is 7. The maximum absolute atomic E-state index is 11.8. The number of nitrogens with zero attached hydrogens (tertiary/aromatic N) is 1. The topological polar surface area (TPSA) is 71.5 Å². The van der Waals surface area contributed by atoms with Crippen molar-refractivity contribution in [2.75, 3.05) is 19.8 Å². The van der Waals surface area contributed by atoms with E-state index in [9.17, 15) is 9.90 Å². The third kappa shape index (κ3) is 5.26. The average Bonchev–Trinajstić information content (AvgIpc) is 3.20. The van der Waals surface area contributed by atoms with Crippen LogP contribution in [0.5, 0.6) is 0 Å². The molecule has 0 aliphatic heterocycles. The molecule has 0 saturated heterocycles. The van der Waals surface area contributed by atoms with Gasteiger partial charge in [0.25, 0.3) is 5.91 Å². The summed E-state index contributed by atoms with van der Waals surface area (Å²) in [5.74, 6) is 0.421. The van der Waals surface area contributed by atoms with E-state index in [2.05, 4.69) is 26.2 Å². The third-order valence-electron chi connectivity index (χ3n) is 2.83. The van der Waals surface area contributed by atoms with Crippen molar-refractivity contribution in [2.45, 2.75) is 18.9 Å². The predicted molar refractivity (Wildman–Crippen MR) is 73.8 cm³/mol. The van der Waals surface area contributed by atoms with Gasteiger partial charge in [-0.1, -0.05) is 0 Å². The van der Waals surface area contributed by atoms with Crippen molar-refractivity contribution in [3.05, 3.63) is 28.5 Å². The molecule has 2 N–H and O–H groups in total. The first-order valence-corrected chi connectivity index (χ1v) is 7.09. The summed E-state index contributed by atoms with van der Waals surface area (Å²) in [4.78, 5) is 15.7. The summed E-state index contributed by atoms with van der Waals surface area (Å²) in [6, 6.07) is 1.68. The van der Waals surface area contributed by atoms with E-state index in [1.807, 2.05) is 0 Å². The number of amides is 1. The lowest BCUT2D eigenvalue weighted by Crippen LogP contribution is -2.34. The van der Waals surface area contributed by atoms with Gasteiger partial charge in [0.2, 0.25) is 0 Å². The number of hydrogen-bond acceptors (Lipinski definition) is 4. The van der Waals surface area contributed by atoms with Crippen LogP contribution in [0, 0.1) is 5.92 Å². The minimum atomic E-state index is -0.678. The lowest BCUT2D eigenvalue weighted by molar-refractivity contribution is 0.0320. The number of aliphatic hydroxyl groups excluding tert-OH is 1. The van der Waals surface area contributed by atoms with Crippen LogP contribution in [-0.2, 0) is 4.74 Å². The Hall–Kier alpha value is -0.980. The summed E-state index contributed by atoms with van der Waals surface area (Å²) < 4.78 is 6.10. The molecule has 6 heteroatoms. The fourth-order valence-corrected chi connectivity index (χ4v) is 1.93. The van der Waals surface area contributed by atoms with Crippen molar-refractivity contribution < 1.29 is 14.6 Å². The van der Waals surface area contributed by atoms with Gasteiger partial charge in [0.05, 0.1) is 18.3 Å². The molecule has 1 aliphatic carbocycles. The minimum Gasteiger partial charge on any atom is -0.389 e. The zero-order chi connectivity index (χ0) is 13.7. The summed E-state index contributed by atoms with van der Waals surface area (Å²) in [7, 11) is 0. The second-order valence-corrected chi connectivity index (χ2v) is 5.65. The average molecular weight is 329 g/mol. The van der Waals surface area contributed by atoms with E-state index >= 15 is 0 Å². The monoisotopic (exact) mass is 328 g/mol. The number of carbonyl (C=O) groups excluding carboxylic acids is 1. The molecule has 1 atom stereocenters. The summed E-state index contributed by atoms with van der Waals surface area (Å²) in [6.07, 6.45) is 4.86. The second-order valence-electron chi connectivity index (χ2n) is 4.74. The van der Waals surface area contributed by atoms with Gasteiger partial charge in [-0.2, -0.15) is 0 Å². The van der Waals surface area contributed by atoms with Gasteiger partial charge in [0.1, 0.15) is 0 Å². The van der Waals surface area contributed by atoms with Crippen LogP contribution in [0.3, 0.4) is 0 Å². The molecule has 2 rings (SSSR count). The highest BCUT2D eigenvalue weighted by Crippen LogP contribution is 2.28. The standard InChI is InChI=1S/C13H17BrN2O3/c14-11-3-10(4-15-5-11)13(18)16-6-12(17)8-19-7-9-1-2-9/h3-5,9,12,17H,1-2,6-8H2,(H,16,18). The Kier molecular flexibility index (Phi) is 5.30. The lowest BCUT2D eigenvalue weighted by Gasteiger charge is -2.12. The molecule has 104 valence electrons. The highest BCUT2D eigenvalue weighted by molar-refractivity contribution is 9.10. The van der Waals surface area contributed by atoms with E-state index in [0.717, 1.165) is 4.47 Å². The van der Waals surface area contributed by atoms with Crippen LogP contribution in [0.4, 0.5) is 0 Å². The molecule has 0 aromatic carbocycles. The third-order valence-corrected chi connectivity index (χ3v) is 3.26. The quantitative estimate of drug-likeness (QED) is 0.792. The molecule has 1 amide bonds. The van der Waals surface area contributed by atoms with Crippen LogP contribution in [0.25, 0.3) is 0 Å². The van der Waals surface area contributed by atoms with Gasteiger partial charge in [-0.3, -0.25) is 9.78 Å². The maximum atomic E-state index is 11.8. The molecule has 1 saturated carbocycles. The van der Waals surface area contributed by atoms with Crippen LogP contribution >= 0.6 is 15.9 Å². The maximum Gasteiger partial charge on any atom is 0.252 e. The Morgan fingerprint density at radius 3 is 3.05 bits per heavy atom. The van der Waals surface area contributed by atoms with Gasteiger partial charge in [0.15, 0.2) is 0 Å². The number of aromatic nitrogens is 1. The normalized spacial score (nSPS) is 16.1. The van der Waals surface area contributed by atoms with Crippen molar-refractivity contribution in [1.82, 2.24) is 10.3 Å². The molecule has 5 nitrogen and oxygen atoms in total. The first kappa shape index (κ1) is 14.4. The summed E-state index contributed by atoms with van der Waals surface area (Å²) >= 11 is 3.25. The number of hydrogen-bond donors (Lipinski definition) is 2. The van der Waals surface area contributed by atoms with Crippen molar-refractivity contribution in [3.63, 3.8) is 0 Å². The fraction of sp³-hybridized carbons (Fsp3) is 0.538. The van der Waals surface area contributed by atoms with E-state index in [1.54, 1.807) is 12.3 Å². The zero-order valence-electron chi connectivity index (χ0n) is 10.5. The zero-order valence-corrected chi connectivity index (χ0v) is 12.1. The molecular formula is C13H17BrN2O3. The van der Waals surface area contributed by atoms with Gasteiger partial charge >= 0.3 is 0 Å². The Balaban J connectivity index is 1.67. The van der Waals surface area contributed by atoms with E-state index < -0.39 is 6.10 Å². The van der Waals surface area contributed by atoms with Crippen molar-refractivity contribution in [1.29, 1.82) is 0 Å². The second kappa shape index (κ2) is 6.98. The summed E-state index contributed by atoms with van der Waals surface area (Å²) in [5, 5.41) is 12.3. The minimum absolute atomic E-state index is 0.177. The van der Waals surface area contributed by atoms with Crippen LogP contribution in [0.15, 0.2) is 22.9 Å². The first-order valence-electron chi connectivity index (χ1n) is 6.29. The SMILES string of the molecule is O=C(NCC(O)COCC1CC1)c1cncc(Br)c1. The number of carbonyl (C=O) groups is 1. The molecule has 1 aromatic rings. The Morgan fingerprint density at radius 2 is 2.37 bits per heavy atom. The molecular weight excluding hydrogens is 312 g/mol. The Morgan fingerprint density at radius 1 is 1.58 bits per heavy atom. The van der Waals surface area contributed by atoms with Gasteiger partial charge in [-0.15, -0.1) is 0 Å². The number of halogens is 1. The summed E-state index contributed by atoms with van der Waals surface area (Å²) in [5.41, 5.74) is 0.459. The Bertz CT molecular complexity index is 438. The van der Waals surface area contributed by atoms with E-state index in [4.69, 9.17) is 4.74 Å². The smallest absolute Gasteiger partial charge is 0.252 e. The molecule has 1 heterocycles.